The zero-order valence-electron chi connectivity index (χ0n) is 14.0. The molecule has 1 aromatic rings. The molecule has 4 nitrogen and oxygen atoms in total. The number of rotatable bonds is 3. The van der Waals surface area contributed by atoms with E-state index in [4.69, 9.17) is 16.3 Å². The summed E-state index contributed by atoms with van der Waals surface area (Å²) in [5, 5.41) is 7.38. The summed E-state index contributed by atoms with van der Waals surface area (Å²) in [6.45, 7) is 4.31. The zero-order valence-corrected chi connectivity index (χ0v) is 15.6. The van der Waals surface area contributed by atoms with Crippen molar-refractivity contribution >= 4 is 29.9 Å². The summed E-state index contributed by atoms with van der Waals surface area (Å²) >= 11 is 6.43. The molecule has 1 amide bonds. The normalized spacial score (nSPS) is 26.2. The molecule has 2 unspecified atom stereocenters. The van der Waals surface area contributed by atoms with E-state index in [0.717, 1.165) is 24.9 Å². The summed E-state index contributed by atoms with van der Waals surface area (Å²) in [7, 11) is 0. The standard InChI is InChI=1S/C18H25ClN2O2.ClH/c1-13-12-14(6-9-20-13)21-17(22)18(7-10-23-11-8-18)15-4-2-3-5-16(15)19;/h2-5,13-14,20H,6-12H2,1H3,(H,21,22);1H. The van der Waals surface area contributed by atoms with E-state index in [2.05, 4.69) is 17.6 Å². The number of benzene rings is 1. The van der Waals surface area contributed by atoms with E-state index in [0.29, 0.717) is 37.1 Å². The molecule has 2 aliphatic rings. The first-order chi connectivity index (χ1) is 11.1. The summed E-state index contributed by atoms with van der Waals surface area (Å²) in [5.41, 5.74) is 0.370. The summed E-state index contributed by atoms with van der Waals surface area (Å²) < 4.78 is 5.51. The molecule has 24 heavy (non-hydrogen) atoms. The molecule has 0 saturated carbocycles. The van der Waals surface area contributed by atoms with Crippen molar-refractivity contribution in [1.29, 1.82) is 0 Å². The average Bonchev–Trinajstić information content (AvgIpc) is 2.56. The second-order valence-corrected chi connectivity index (χ2v) is 7.13. The van der Waals surface area contributed by atoms with Crippen LogP contribution in [0.3, 0.4) is 0 Å². The number of halogens is 2. The van der Waals surface area contributed by atoms with Crippen molar-refractivity contribution in [3.05, 3.63) is 34.9 Å². The first kappa shape index (κ1) is 19.5. The highest BCUT2D eigenvalue weighted by Crippen LogP contribution is 2.39. The molecule has 2 aliphatic heterocycles. The highest BCUT2D eigenvalue weighted by atomic mass is 35.5. The van der Waals surface area contributed by atoms with Gasteiger partial charge >= 0.3 is 0 Å². The number of hydrogen-bond acceptors (Lipinski definition) is 3. The van der Waals surface area contributed by atoms with Gasteiger partial charge in [0, 0.05) is 30.3 Å². The molecule has 2 atom stereocenters. The van der Waals surface area contributed by atoms with E-state index >= 15 is 0 Å². The van der Waals surface area contributed by atoms with Gasteiger partial charge in [-0.05, 0) is 50.8 Å². The Balaban J connectivity index is 0.00000208. The van der Waals surface area contributed by atoms with Gasteiger partial charge in [0.1, 0.15) is 0 Å². The van der Waals surface area contributed by atoms with Crippen LogP contribution in [0.4, 0.5) is 0 Å². The molecule has 2 N–H and O–H groups in total. The van der Waals surface area contributed by atoms with Gasteiger partial charge < -0.3 is 15.4 Å². The van der Waals surface area contributed by atoms with Crippen LogP contribution in [0.2, 0.25) is 5.02 Å². The fourth-order valence-corrected chi connectivity index (χ4v) is 4.09. The third kappa shape index (κ3) is 4.05. The minimum atomic E-state index is -0.565. The van der Waals surface area contributed by atoms with Gasteiger partial charge in [-0.15, -0.1) is 12.4 Å². The van der Waals surface area contributed by atoms with E-state index in [1.807, 2.05) is 24.3 Å². The largest absolute Gasteiger partial charge is 0.381 e. The Morgan fingerprint density at radius 1 is 1.33 bits per heavy atom. The number of carbonyl (C=O) groups excluding carboxylic acids is 1. The van der Waals surface area contributed by atoms with Crippen LogP contribution in [0.1, 0.15) is 38.2 Å². The molecule has 6 heteroatoms. The monoisotopic (exact) mass is 372 g/mol. The number of amides is 1. The van der Waals surface area contributed by atoms with Crippen molar-refractivity contribution in [2.75, 3.05) is 19.8 Å². The third-order valence-corrected chi connectivity index (χ3v) is 5.46. The molecule has 2 saturated heterocycles. The quantitative estimate of drug-likeness (QED) is 0.856. The topological polar surface area (TPSA) is 50.4 Å². The minimum absolute atomic E-state index is 0. The van der Waals surface area contributed by atoms with E-state index in [1.165, 1.54) is 0 Å². The molecule has 1 aromatic carbocycles. The van der Waals surface area contributed by atoms with Gasteiger partial charge in [-0.1, -0.05) is 29.8 Å². The van der Waals surface area contributed by atoms with Crippen LogP contribution >= 0.6 is 24.0 Å². The van der Waals surface area contributed by atoms with Crippen LogP contribution in [0.15, 0.2) is 24.3 Å². The molecule has 0 bridgehead atoms. The number of nitrogens with one attached hydrogen (secondary N) is 2. The fourth-order valence-electron chi connectivity index (χ4n) is 3.77. The second kappa shape index (κ2) is 8.52. The third-order valence-electron chi connectivity index (χ3n) is 5.13. The lowest BCUT2D eigenvalue weighted by Crippen LogP contribution is -2.54. The van der Waals surface area contributed by atoms with Crippen molar-refractivity contribution in [3.63, 3.8) is 0 Å². The van der Waals surface area contributed by atoms with Gasteiger partial charge in [-0.2, -0.15) is 0 Å². The molecule has 134 valence electrons. The Bertz CT molecular complexity index is 562. The van der Waals surface area contributed by atoms with Gasteiger partial charge in [0.05, 0.1) is 5.41 Å². The van der Waals surface area contributed by atoms with Gasteiger partial charge in [0.2, 0.25) is 5.91 Å². The lowest BCUT2D eigenvalue weighted by molar-refractivity contribution is -0.131. The summed E-state index contributed by atoms with van der Waals surface area (Å²) in [5.74, 6) is 0.105. The van der Waals surface area contributed by atoms with E-state index < -0.39 is 5.41 Å². The Morgan fingerprint density at radius 3 is 2.71 bits per heavy atom. The maximum atomic E-state index is 13.2. The smallest absolute Gasteiger partial charge is 0.231 e. The summed E-state index contributed by atoms with van der Waals surface area (Å²) in [4.78, 5) is 13.2. The predicted octanol–water partition coefficient (Wildman–Crippen LogP) is 3.07. The number of carbonyl (C=O) groups is 1. The predicted molar refractivity (Wildman–Crippen MR) is 99.1 cm³/mol. The van der Waals surface area contributed by atoms with Crippen LogP contribution in [-0.2, 0) is 14.9 Å². The zero-order chi connectivity index (χ0) is 16.3. The lowest BCUT2D eigenvalue weighted by atomic mass is 9.73. The highest BCUT2D eigenvalue weighted by molar-refractivity contribution is 6.31. The highest BCUT2D eigenvalue weighted by Gasteiger charge is 2.43. The lowest BCUT2D eigenvalue weighted by Gasteiger charge is -2.39. The molecule has 3 rings (SSSR count). The van der Waals surface area contributed by atoms with Crippen molar-refractivity contribution in [3.8, 4) is 0 Å². The van der Waals surface area contributed by atoms with Crippen LogP contribution in [0.5, 0.6) is 0 Å². The Hall–Kier alpha value is -0.810. The maximum absolute atomic E-state index is 13.2. The minimum Gasteiger partial charge on any atom is -0.381 e. The van der Waals surface area contributed by atoms with Crippen LogP contribution < -0.4 is 10.6 Å². The molecule has 2 fully saturated rings. The summed E-state index contributed by atoms with van der Waals surface area (Å²) in [6, 6.07) is 8.40. The molecule has 0 aromatic heterocycles. The molecule has 0 radical (unpaired) electrons. The van der Waals surface area contributed by atoms with Crippen LogP contribution in [0, 0.1) is 0 Å². The fraction of sp³-hybridized carbons (Fsp3) is 0.611. The Labute approximate surface area is 155 Å². The van der Waals surface area contributed by atoms with E-state index in [1.54, 1.807) is 0 Å². The number of ether oxygens (including phenoxy) is 1. The van der Waals surface area contributed by atoms with Crippen molar-refractivity contribution < 1.29 is 9.53 Å². The molecule has 0 spiro atoms. The van der Waals surface area contributed by atoms with Gasteiger partial charge in [0.15, 0.2) is 0 Å². The molecular formula is C18H26Cl2N2O2. The first-order valence-electron chi connectivity index (χ1n) is 8.49. The number of hydrogen-bond donors (Lipinski definition) is 2. The SMILES string of the molecule is CC1CC(NC(=O)C2(c3ccccc3Cl)CCOCC2)CCN1.Cl. The van der Waals surface area contributed by atoms with E-state index in [9.17, 15) is 4.79 Å². The van der Waals surface area contributed by atoms with E-state index in [-0.39, 0.29) is 24.4 Å². The first-order valence-corrected chi connectivity index (χ1v) is 8.87. The van der Waals surface area contributed by atoms with Crippen LogP contribution in [-0.4, -0.2) is 37.7 Å². The molecule has 0 aliphatic carbocycles. The van der Waals surface area contributed by atoms with Crippen molar-refractivity contribution in [2.24, 2.45) is 0 Å². The van der Waals surface area contributed by atoms with Crippen molar-refractivity contribution in [2.45, 2.75) is 50.1 Å². The summed E-state index contributed by atoms with van der Waals surface area (Å²) in [6.07, 6.45) is 3.32. The number of piperidine rings is 1. The van der Waals surface area contributed by atoms with Gasteiger partial charge in [0.25, 0.3) is 0 Å². The van der Waals surface area contributed by atoms with Crippen molar-refractivity contribution in [1.82, 2.24) is 10.6 Å². The molecule has 2 heterocycles. The van der Waals surface area contributed by atoms with Crippen LogP contribution in [0.25, 0.3) is 0 Å². The average molecular weight is 373 g/mol. The second-order valence-electron chi connectivity index (χ2n) is 6.72. The molecular weight excluding hydrogens is 347 g/mol. The van der Waals surface area contributed by atoms with Gasteiger partial charge in [-0.25, -0.2) is 0 Å². The van der Waals surface area contributed by atoms with Gasteiger partial charge in [-0.3, -0.25) is 4.79 Å². The Morgan fingerprint density at radius 2 is 2.04 bits per heavy atom. The maximum Gasteiger partial charge on any atom is 0.231 e. The Kier molecular flexibility index (Phi) is 6.93.